The van der Waals surface area contributed by atoms with Gasteiger partial charge in [0.25, 0.3) is 5.91 Å². The van der Waals surface area contributed by atoms with E-state index in [1.54, 1.807) is 6.07 Å². The second kappa shape index (κ2) is 5.93. The van der Waals surface area contributed by atoms with E-state index in [0.29, 0.717) is 11.5 Å². The lowest BCUT2D eigenvalue weighted by molar-refractivity contribution is 0.102. The van der Waals surface area contributed by atoms with E-state index < -0.39 is 0 Å². The minimum atomic E-state index is -0.143. The van der Waals surface area contributed by atoms with Gasteiger partial charge in [-0.15, -0.1) is 0 Å². The number of anilines is 1. The SMILES string of the molecule is CC(C)c1nc2ccc(NC(=O)c3ccccc3Br)cc2[nH]1. The van der Waals surface area contributed by atoms with Crippen molar-refractivity contribution in [3.8, 4) is 0 Å². The van der Waals surface area contributed by atoms with Crippen molar-refractivity contribution in [3.63, 3.8) is 0 Å². The number of hydrogen-bond acceptors (Lipinski definition) is 2. The van der Waals surface area contributed by atoms with Crippen molar-refractivity contribution in [2.75, 3.05) is 5.32 Å². The van der Waals surface area contributed by atoms with Crippen LogP contribution in [0.15, 0.2) is 46.9 Å². The standard InChI is InChI=1S/C17H16BrN3O/c1-10(2)16-20-14-8-7-11(9-15(14)21-16)19-17(22)12-5-3-4-6-13(12)18/h3-10H,1-2H3,(H,19,22)(H,20,21). The van der Waals surface area contributed by atoms with Crippen LogP contribution in [0.4, 0.5) is 5.69 Å². The molecule has 3 aromatic rings. The zero-order valence-electron chi connectivity index (χ0n) is 12.4. The molecule has 0 radical (unpaired) electrons. The van der Waals surface area contributed by atoms with Gasteiger partial charge >= 0.3 is 0 Å². The number of amides is 1. The zero-order chi connectivity index (χ0) is 15.7. The Morgan fingerprint density at radius 2 is 2.00 bits per heavy atom. The van der Waals surface area contributed by atoms with Crippen molar-refractivity contribution < 1.29 is 4.79 Å². The Kier molecular flexibility index (Phi) is 3.98. The highest BCUT2D eigenvalue weighted by molar-refractivity contribution is 9.10. The van der Waals surface area contributed by atoms with E-state index >= 15 is 0 Å². The molecule has 0 aliphatic heterocycles. The highest BCUT2D eigenvalue weighted by atomic mass is 79.9. The van der Waals surface area contributed by atoms with Crippen LogP contribution in [0.1, 0.15) is 35.9 Å². The number of fused-ring (bicyclic) bond motifs is 1. The third-order valence-corrected chi connectivity index (χ3v) is 4.11. The fraction of sp³-hybridized carbons (Fsp3) is 0.176. The molecular weight excluding hydrogens is 342 g/mol. The average Bonchev–Trinajstić information content (AvgIpc) is 2.91. The van der Waals surface area contributed by atoms with Gasteiger partial charge in [-0.25, -0.2) is 4.98 Å². The number of imidazole rings is 1. The maximum Gasteiger partial charge on any atom is 0.256 e. The fourth-order valence-electron chi connectivity index (χ4n) is 2.22. The second-order valence-corrected chi connectivity index (χ2v) is 6.30. The van der Waals surface area contributed by atoms with Crippen LogP contribution in [0.25, 0.3) is 11.0 Å². The molecule has 2 aromatic carbocycles. The first-order chi connectivity index (χ1) is 10.5. The molecule has 0 aliphatic rings. The third kappa shape index (κ3) is 2.90. The number of rotatable bonds is 3. The van der Waals surface area contributed by atoms with Crippen LogP contribution in [-0.2, 0) is 0 Å². The van der Waals surface area contributed by atoms with E-state index in [0.717, 1.165) is 27.0 Å². The Hall–Kier alpha value is -2.14. The van der Waals surface area contributed by atoms with Gasteiger partial charge in [-0.1, -0.05) is 26.0 Å². The average molecular weight is 358 g/mol. The molecule has 0 fully saturated rings. The second-order valence-electron chi connectivity index (χ2n) is 5.44. The van der Waals surface area contributed by atoms with E-state index in [-0.39, 0.29) is 5.91 Å². The summed E-state index contributed by atoms with van der Waals surface area (Å²) in [5.41, 5.74) is 3.18. The van der Waals surface area contributed by atoms with Gasteiger partial charge in [0.15, 0.2) is 0 Å². The van der Waals surface area contributed by atoms with Crippen molar-refractivity contribution in [3.05, 3.63) is 58.3 Å². The summed E-state index contributed by atoms with van der Waals surface area (Å²) in [6, 6.07) is 13.0. The Balaban J connectivity index is 1.88. The summed E-state index contributed by atoms with van der Waals surface area (Å²) < 4.78 is 0.775. The lowest BCUT2D eigenvalue weighted by Crippen LogP contribution is -2.12. The Morgan fingerprint density at radius 1 is 1.23 bits per heavy atom. The number of nitrogens with zero attached hydrogens (tertiary/aromatic N) is 1. The molecule has 0 aliphatic carbocycles. The van der Waals surface area contributed by atoms with Crippen molar-refractivity contribution in [2.24, 2.45) is 0 Å². The summed E-state index contributed by atoms with van der Waals surface area (Å²) in [7, 11) is 0. The molecule has 1 heterocycles. The smallest absolute Gasteiger partial charge is 0.256 e. The molecule has 0 saturated heterocycles. The quantitative estimate of drug-likeness (QED) is 0.713. The van der Waals surface area contributed by atoms with Crippen LogP contribution in [0.2, 0.25) is 0 Å². The largest absolute Gasteiger partial charge is 0.342 e. The summed E-state index contributed by atoms with van der Waals surface area (Å²) in [4.78, 5) is 20.1. The van der Waals surface area contributed by atoms with Crippen LogP contribution in [0.5, 0.6) is 0 Å². The molecule has 112 valence electrons. The molecule has 22 heavy (non-hydrogen) atoms. The number of nitrogens with one attached hydrogen (secondary N) is 2. The van der Waals surface area contributed by atoms with E-state index in [9.17, 15) is 4.79 Å². The highest BCUT2D eigenvalue weighted by Crippen LogP contribution is 2.22. The van der Waals surface area contributed by atoms with Crippen LogP contribution in [0, 0.1) is 0 Å². The van der Waals surface area contributed by atoms with Gasteiger partial charge in [0.2, 0.25) is 0 Å². The monoisotopic (exact) mass is 357 g/mol. The number of carbonyl (C=O) groups excluding carboxylic acids is 1. The molecule has 0 unspecified atom stereocenters. The summed E-state index contributed by atoms with van der Waals surface area (Å²) >= 11 is 3.39. The molecule has 0 saturated carbocycles. The first-order valence-corrected chi connectivity index (χ1v) is 7.89. The van der Waals surface area contributed by atoms with Crippen molar-refractivity contribution in [1.29, 1.82) is 0 Å². The van der Waals surface area contributed by atoms with Gasteiger partial charge in [0, 0.05) is 16.1 Å². The van der Waals surface area contributed by atoms with E-state index in [1.807, 2.05) is 36.4 Å². The van der Waals surface area contributed by atoms with Crippen molar-refractivity contribution in [1.82, 2.24) is 9.97 Å². The van der Waals surface area contributed by atoms with E-state index in [2.05, 4.69) is 45.1 Å². The summed E-state index contributed by atoms with van der Waals surface area (Å²) in [5.74, 6) is 1.14. The molecular formula is C17H16BrN3O. The molecule has 2 N–H and O–H groups in total. The Bertz CT molecular complexity index is 839. The molecule has 4 nitrogen and oxygen atoms in total. The molecule has 5 heteroatoms. The van der Waals surface area contributed by atoms with Crippen LogP contribution in [0.3, 0.4) is 0 Å². The Morgan fingerprint density at radius 3 is 2.73 bits per heavy atom. The molecule has 0 spiro atoms. The van der Waals surface area contributed by atoms with Crippen LogP contribution >= 0.6 is 15.9 Å². The molecule has 0 bridgehead atoms. The minimum Gasteiger partial charge on any atom is -0.342 e. The molecule has 3 rings (SSSR count). The molecule has 1 amide bonds. The highest BCUT2D eigenvalue weighted by Gasteiger charge is 2.11. The number of carbonyl (C=O) groups is 1. The molecule has 1 aromatic heterocycles. The van der Waals surface area contributed by atoms with Gasteiger partial charge in [-0.05, 0) is 46.3 Å². The minimum absolute atomic E-state index is 0.143. The summed E-state index contributed by atoms with van der Waals surface area (Å²) in [6.07, 6.45) is 0. The Labute approximate surface area is 137 Å². The van der Waals surface area contributed by atoms with E-state index in [1.165, 1.54) is 0 Å². The van der Waals surface area contributed by atoms with Crippen molar-refractivity contribution >= 4 is 38.6 Å². The fourth-order valence-corrected chi connectivity index (χ4v) is 2.69. The number of halogens is 1. The van der Waals surface area contributed by atoms with Crippen molar-refractivity contribution in [2.45, 2.75) is 19.8 Å². The van der Waals surface area contributed by atoms with Gasteiger partial charge in [0.05, 0.1) is 16.6 Å². The first-order valence-electron chi connectivity index (χ1n) is 7.10. The van der Waals surface area contributed by atoms with Crippen LogP contribution in [-0.4, -0.2) is 15.9 Å². The topological polar surface area (TPSA) is 57.8 Å². The zero-order valence-corrected chi connectivity index (χ0v) is 13.9. The summed E-state index contributed by atoms with van der Waals surface area (Å²) in [5, 5.41) is 2.91. The number of aromatic nitrogens is 2. The summed E-state index contributed by atoms with van der Waals surface area (Å²) in [6.45, 7) is 4.18. The van der Waals surface area contributed by atoms with Gasteiger partial charge in [-0.3, -0.25) is 4.79 Å². The van der Waals surface area contributed by atoms with Crippen LogP contribution < -0.4 is 5.32 Å². The normalized spacial score (nSPS) is 11.1. The third-order valence-electron chi connectivity index (χ3n) is 3.42. The lowest BCUT2D eigenvalue weighted by atomic mass is 10.2. The van der Waals surface area contributed by atoms with E-state index in [4.69, 9.17) is 0 Å². The first kappa shape index (κ1) is 14.8. The number of hydrogen-bond donors (Lipinski definition) is 2. The van der Waals surface area contributed by atoms with Gasteiger partial charge in [-0.2, -0.15) is 0 Å². The maximum atomic E-state index is 12.3. The maximum absolute atomic E-state index is 12.3. The van der Waals surface area contributed by atoms with Gasteiger partial charge in [0.1, 0.15) is 5.82 Å². The number of benzene rings is 2. The molecule has 0 atom stereocenters. The predicted octanol–water partition coefficient (Wildman–Crippen LogP) is 4.70. The number of aromatic amines is 1. The predicted molar refractivity (Wildman–Crippen MR) is 92.3 cm³/mol. The lowest BCUT2D eigenvalue weighted by Gasteiger charge is -2.06. The van der Waals surface area contributed by atoms with Gasteiger partial charge < -0.3 is 10.3 Å². The number of H-pyrrole nitrogens is 1.